The predicted molar refractivity (Wildman–Crippen MR) is 87.5 cm³/mol. The van der Waals surface area contributed by atoms with Gasteiger partial charge in [-0.15, -0.1) is 0 Å². The van der Waals surface area contributed by atoms with Crippen molar-refractivity contribution in [3.05, 3.63) is 35.4 Å². The molecule has 21 heavy (non-hydrogen) atoms. The van der Waals surface area contributed by atoms with E-state index in [1.165, 1.54) is 7.11 Å². The van der Waals surface area contributed by atoms with Crippen molar-refractivity contribution < 1.29 is 19.4 Å². The highest BCUT2D eigenvalue weighted by atomic mass is 16.5. The number of methoxy groups -OCH3 is 1. The third kappa shape index (κ3) is 14.4. The van der Waals surface area contributed by atoms with E-state index in [1.54, 1.807) is 24.3 Å². The number of carboxylic acids is 1. The SMILES string of the molecule is CC.CC.CC.COC(=O)Cc1cccc(CC(=O)O)c1. The van der Waals surface area contributed by atoms with E-state index in [-0.39, 0.29) is 18.8 Å². The van der Waals surface area contributed by atoms with E-state index in [0.717, 1.165) is 5.56 Å². The number of ether oxygens (including phenoxy) is 1. The smallest absolute Gasteiger partial charge is 0.309 e. The second kappa shape index (κ2) is 18.2. The fraction of sp³-hybridized carbons (Fsp3) is 0.529. The zero-order valence-electron chi connectivity index (χ0n) is 14.4. The Kier molecular flexibility index (Phi) is 20.9. The van der Waals surface area contributed by atoms with Crippen LogP contribution in [0.2, 0.25) is 0 Å². The fourth-order valence-corrected chi connectivity index (χ4v) is 1.26. The van der Waals surface area contributed by atoms with E-state index in [1.807, 2.05) is 41.5 Å². The van der Waals surface area contributed by atoms with Gasteiger partial charge in [0.25, 0.3) is 0 Å². The standard InChI is InChI=1S/C11H12O4.3C2H6/c1-15-11(14)7-9-4-2-3-8(5-9)6-10(12)13;3*1-2/h2-5H,6-7H2,1H3,(H,12,13);3*1-2H3. The summed E-state index contributed by atoms with van der Waals surface area (Å²) >= 11 is 0. The van der Waals surface area contributed by atoms with Gasteiger partial charge in [0.05, 0.1) is 20.0 Å². The number of hydrogen-bond donors (Lipinski definition) is 1. The van der Waals surface area contributed by atoms with Crippen molar-refractivity contribution in [3.8, 4) is 0 Å². The summed E-state index contributed by atoms with van der Waals surface area (Å²) in [6.07, 6.45) is 0.138. The van der Waals surface area contributed by atoms with Crippen LogP contribution in [0.15, 0.2) is 24.3 Å². The first-order valence-corrected chi connectivity index (χ1v) is 7.48. The molecule has 0 saturated carbocycles. The lowest BCUT2D eigenvalue weighted by Gasteiger charge is -2.02. The number of carboxylic acid groups (broad SMARTS) is 1. The summed E-state index contributed by atoms with van der Waals surface area (Å²) in [4.78, 5) is 21.4. The largest absolute Gasteiger partial charge is 0.481 e. The van der Waals surface area contributed by atoms with E-state index in [9.17, 15) is 9.59 Å². The van der Waals surface area contributed by atoms with Crippen LogP contribution in [0.1, 0.15) is 52.7 Å². The lowest BCUT2D eigenvalue weighted by molar-refractivity contribution is -0.140. The summed E-state index contributed by atoms with van der Waals surface area (Å²) in [5.74, 6) is -1.22. The molecule has 0 aromatic heterocycles. The van der Waals surface area contributed by atoms with Crippen molar-refractivity contribution >= 4 is 11.9 Å². The van der Waals surface area contributed by atoms with Crippen LogP contribution in [-0.4, -0.2) is 24.2 Å². The fourth-order valence-electron chi connectivity index (χ4n) is 1.26. The van der Waals surface area contributed by atoms with Crippen LogP contribution < -0.4 is 0 Å². The summed E-state index contributed by atoms with van der Waals surface area (Å²) in [6.45, 7) is 12.0. The van der Waals surface area contributed by atoms with E-state index >= 15 is 0 Å². The Hall–Kier alpha value is -1.84. The normalized spacial score (nSPS) is 7.76. The second-order valence-electron chi connectivity index (χ2n) is 3.14. The van der Waals surface area contributed by atoms with Crippen molar-refractivity contribution in [2.45, 2.75) is 54.4 Å². The molecule has 1 aromatic rings. The van der Waals surface area contributed by atoms with Crippen LogP contribution in [0.5, 0.6) is 0 Å². The average Bonchev–Trinajstić information content (AvgIpc) is 2.53. The second-order valence-corrected chi connectivity index (χ2v) is 3.14. The lowest BCUT2D eigenvalue weighted by Crippen LogP contribution is -2.05. The molecule has 0 atom stereocenters. The molecule has 0 aliphatic rings. The number of rotatable bonds is 4. The van der Waals surface area contributed by atoms with Gasteiger partial charge in [-0.2, -0.15) is 0 Å². The molecule has 1 N–H and O–H groups in total. The maximum absolute atomic E-state index is 11.0. The summed E-state index contributed by atoms with van der Waals surface area (Å²) < 4.78 is 4.52. The predicted octanol–water partition coefficient (Wildman–Crippen LogP) is 4.11. The zero-order valence-corrected chi connectivity index (χ0v) is 14.4. The Morgan fingerprint density at radius 1 is 0.952 bits per heavy atom. The first kappa shape index (κ1) is 24.2. The Morgan fingerprint density at radius 3 is 1.76 bits per heavy atom. The van der Waals surface area contributed by atoms with E-state index in [0.29, 0.717) is 5.56 Å². The molecule has 0 bridgehead atoms. The van der Waals surface area contributed by atoms with Crippen LogP contribution >= 0.6 is 0 Å². The third-order valence-electron chi connectivity index (χ3n) is 1.92. The van der Waals surface area contributed by atoms with Gasteiger partial charge >= 0.3 is 11.9 Å². The average molecular weight is 298 g/mol. The molecule has 0 aliphatic carbocycles. The Labute approximate surface area is 129 Å². The Morgan fingerprint density at radius 2 is 1.38 bits per heavy atom. The highest BCUT2D eigenvalue weighted by molar-refractivity contribution is 5.73. The molecule has 0 spiro atoms. The molecule has 0 unspecified atom stereocenters. The number of hydrogen-bond acceptors (Lipinski definition) is 3. The molecule has 4 nitrogen and oxygen atoms in total. The van der Waals surface area contributed by atoms with E-state index in [2.05, 4.69) is 4.74 Å². The molecule has 1 aromatic carbocycles. The van der Waals surface area contributed by atoms with Crippen LogP contribution in [-0.2, 0) is 27.2 Å². The third-order valence-corrected chi connectivity index (χ3v) is 1.92. The molecule has 0 radical (unpaired) electrons. The Bertz CT molecular complexity index is 373. The van der Waals surface area contributed by atoms with Gasteiger partial charge in [-0.1, -0.05) is 65.8 Å². The number of esters is 1. The van der Waals surface area contributed by atoms with E-state index in [4.69, 9.17) is 5.11 Å². The highest BCUT2D eigenvalue weighted by Gasteiger charge is 2.05. The van der Waals surface area contributed by atoms with Crippen molar-refractivity contribution in [2.24, 2.45) is 0 Å². The number of carbonyl (C=O) groups is 2. The van der Waals surface area contributed by atoms with Gasteiger partial charge in [0, 0.05) is 0 Å². The minimum Gasteiger partial charge on any atom is -0.481 e. The molecule has 0 aliphatic heterocycles. The first-order valence-electron chi connectivity index (χ1n) is 7.48. The van der Waals surface area contributed by atoms with Gasteiger partial charge in [0.15, 0.2) is 0 Å². The quantitative estimate of drug-likeness (QED) is 0.850. The van der Waals surface area contributed by atoms with Gasteiger partial charge in [-0.25, -0.2) is 0 Å². The maximum Gasteiger partial charge on any atom is 0.309 e. The van der Waals surface area contributed by atoms with Gasteiger partial charge in [0.1, 0.15) is 0 Å². The highest BCUT2D eigenvalue weighted by Crippen LogP contribution is 2.07. The summed E-state index contributed by atoms with van der Waals surface area (Å²) in [7, 11) is 1.32. The van der Waals surface area contributed by atoms with Gasteiger partial charge in [-0.05, 0) is 11.1 Å². The van der Waals surface area contributed by atoms with Crippen molar-refractivity contribution in [3.63, 3.8) is 0 Å². The van der Waals surface area contributed by atoms with Gasteiger partial charge in [-0.3, -0.25) is 9.59 Å². The lowest BCUT2D eigenvalue weighted by atomic mass is 10.1. The van der Waals surface area contributed by atoms with E-state index < -0.39 is 5.97 Å². The minimum atomic E-state index is -0.884. The Balaban J connectivity index is -0.000000478. The van der Waals surface area contributed by atoms with Crippen LogP contribution in [0.4, 0.5) is 0 Å². The number of aliphatic carboxylic acids is 1. The number of carbonyl (C=O) groups excluding carboxylic acids is 1. The van der Waals surface area contributed by atoms with Crippen molar-refractivity contribution in [1.29, 1.82) is 0 Å². The maximum atomic E-state index is 11.0. The molecule has 0 amide bonds. The van der Waals surface area contributed by atoms with Crippen molar-refractivity contribution in [1.82, 2.24) is 0 Å². The molecule has 0 saturated heterocycles. The van der Waals surface area contributed by atoms with Gasteiger partial charge < -0.3 is 9.84 Å². The molecule has 4 heteroatoms. The number of benzene rings is 1. The molecule has 0 fully saturated rings. The van der Waals surface area contributed by atoms with Crippen LogP contribution in [0, 0.1) is 0 Å². The molecular weight excluding hydrogens is 268 g/mol. The van der Waals surface area contributed by atoms with Crippen molar-refractivity contribution in [2.75, 3.05) is 7.11 Å². The van der Waals surface area contributed by atoms with Gasteiger partial charge in [0.2, 0.25) is 0 Å². The summed E-state index contributed by atoms with van der Waals surface area (Å²) in [6, 6.07) is 6.92. The molecular formula is C17H30O4. The summed E-state index contributed by atoms with van der Waals surface area (Å²) in [5.41, 5.74) is 1.45. The monoisotopic (exact) mass is 298 g/mol. The van der Waals surface area contributed by atoms with Crippen LogP contribution in [0.25, 0.3) is 0 Å². The first-order chi connectivity index (χ1) is 10.1. The van der Waals surface area contributed by atoms with Crippen LogP contribution in [0.3, 0.4) is 0 Å². The zero-order chi connectivity index (χ0) is 17.3. The minimum absolute atomic E-state index is 0.0327. The summed E-state index contributed by atoms with van der Waals surface area (Å²) in [5, 5.41) is 8.59. The molecule has 1 rings (SSSR count). The molecule has 0 heterocycles. The topological polar surface area (TPSA) is 63.6 Å². The molecule has 122 valence electrons.